The second-order valence-corrected chi connectivity index (χ2v) is 2.48. The molecule has 0 amide bonds. The molecule has 1 N–H and O–H groups in total. The largest absolute Gasteiger partial charge is 0.275 e. The molecule has 2 heterocycles. The van der Waals surface area contributed by atoms with Gasteiger partial charge in [-0.3, -0.25) is 10.1 Å². The predicted octanol–water partition coefficient (Wildman–Crippen LogP) is 1.72. The number of nitrogens with zero attached hydrogens (tertiary/aromatic N) is 2. The van der Waals surface area contributed by atoms with Crippen LogP contribution < -0.4 is 0 Å². The SMILES string of the molecule is [2H]c1nc([2H])c2[nH]nc(Br)c2c1[2H]. The highest BCUT2D eigenvalue weighted by Gasteiger charge is 1.98. The van der Waals surface area contributed by atoms with Crippen LogP contribution in [-0.4, -0.2) is 15.2 Å². The van der Waals surface area contributed by atoms with Crippen molar-refractivity contribution >= 4 is 26.8 Å². The zero-order chi connectivity index (χ0) is 9.59. The fourth-order valence-corrected chi connectivity index (χ4v) is 1.07. The van der Waals surface area contributed by atoms with E-state index in [0.717, 1.165) is 0 Å². The van der Waals surface area contributed by atoms with Gasteiger partial charge < -0.3 is 0 Å². The average Bonchev–Trinajstić information content (AvgIpc) is 2.44. The monoisotopic (exact) mass is 200 g/mol. The molecule has 10 heavy (non-hydrogen) atoms. The minimum absolute atomic E-state index is 0.0216. The van der Waals surface area contributed by atoms with Crippen LogP contribution >= 0.6 is 15.9 Å². The summed E-state index contributed by atoms with van der Waals surface area (Å²) < 4.78 is 22.7. The molecule has 0 unspecified atom stereocenters. The Morgan fingerprint density at radius 3 is 3.50 bits per heavy atom. The lowest BCUT2D eigenvalue weighted by Gasteiger charge is -1.83. The van der Waals surface area contributed by atoms with Gasteiger partial charge in [0, 0.05) is 11.6 Å². The number of hydrogen-bond acceptors (Lipinski definition) is 2. The molecule has 0 saturated carbocycles. The summed E-state index contributed by atoms with van der Waals surface area (Å²) in [5, 5.41) is 6.80. The van der Waals surface area contributed by atoms with Gasteiger partial charge in [0.25, 0.3) is 0 Å². The summed E-state index contributed by atoms with van der Waals surface area (Å²) in [6, 6.07) is -0.0216. The lowest BCUT2D eigenvalue weighted by Crippen LogP contribution is -1.69. The Bertz CT molecular complexity index is 481. The van der Waals surface area contributed by atoms with Crippen LogP contribution in [0.15, 0.2) is 23.0 Å². The van der Waals surface area contributed by atoms with Gasteiger partial charge >= 0.3 is 0 Å². The fraction of sp³-hybridized carbons (Fsp3) is 0. The quantitative estimate of drug-likeness (QED) is 0.704. The summed E-state index contributed by atoms with van der Waals surface area (Å²) >= 11 is 3.13. The molecule has 0 aromatic carbocycles. The summed E-state index contributed by atoms with van der Waals surface area (Å²) in [4.78, 5) is 3.57. The van der Waals surface area contributed by atoms with Crippen LogP contribution in [0.25, 0.3) is 10.9 Å². The van der Waals surface area contributed by atoms with Crippen molar-refractivity contribution < 1.29 is 4.11 Å². The maximum absolute atomic E-state index is 7.52. The summed E-state index contributed by atoms with van der Waals surface area (Å²) in [5.41, 5.74) is 0.382. The van der Waals surface area contributed by atoms with E-state index in [4.69, 9.17) is 4.11 Å². The molecule has 50 valence electrons. The van der Waals surface area contributed by atoms with E-state index in [0.29, 0.717) is 15.5 Å². The Hall–Kier alpha value is -0.900. The molecule has 0 saturated heterocycles. The molecule has 4 heteroatoms. The third-order valence-electron chi connectivity index (χ3n) is 1.13. The van der Waals surface area contributed by atoms with Crippen LogP contribution in [0, 0.1) is 0 Å². The molecule has 0 radical (unpaired) electrons. The molecule has 0 aliphatic carbocycles. The van der Waals surface area contributed by atoms with Gasteiger partial charge in [0.1, 0.15) is 4.60 Å². The minimum Gasteiger partial charge on any atom is -0.275 e. The highest BCUT2D eigenvalue weighted by Crippen LogP contribution is 2.18. The molecular weight excluding hydrogens is 194 g/mol. The summed E-state index contributed by atoms with van der Waals surface area (Å²) in [6.07, 6.45) is -0.270. The standard InChI is InChI=1S/C6H4BrN3/c7-6-4-1-2-8-3-5(4)9-10-6/h1-3H,(H,9,10)/i1D,2D,3D. The van der Waals surface area contributed by atoms with Gasteiger partial charge in [-0.05, 0) is 22.0 Å². The molecule has 0 aliphatic rings. The molecule has 0 fully saturated rings. The molecule has 3 nitrogen and oxygen atoms in total. The minimum atomic E-state index is -0.209. The predicted molar refractivity (Wildman–Crippen MR) is 41.6 cm³/mol. The smallest absolute Gasteiger partial charge is 0.135 e. The molecule has 0 aliphatic heterocycles. The number of rotatable bonds is 0. The number of hydrogen-bond donors (Lipinski definition) is 1. The first kappa shape index (κ1) is 3.48. The Morgan fingerprint density at radius 1 is 1.70 bits per heavy atom. The lowest BCUT2D eigenvalue weighted by molar-refractivity contribution is 1.09. The number of pyridine rings is 1. The number of H-pyrrole nitrogens is 1. The Morgan fingerprint density at radius 2 is 2.60 bits per heavy atom. The van der Waals surface area contributed by atoms with E-state index in [1.807, 2.05) is 0 Å². The Labute approximate surface area is 69.8 Å². The number of fused-ring (bicyclic) bond motifs is 1. The first-order chi connectivity index (χ1) is 6.11. The number of nitrogens with one attached hydrogen (secondary N) is 1. The van der Waals surface area contributed by atoms with Gasteiger partial charge in [-0.25, -0.2) is 0 Å². The second kappa shape index (κ2) is 2.05. The molecule has 2 rings (SSSR count). The highest BCUT2D eigenvalue weighted by molar-refractivity contribution is 9.10. The third kappa shape index (κ3) is 0.724. The molecule has 0 spiro atoms. The van der Waals surface area contributed by atoms with E-state index in [2.05, 4.69) is 31.1 Å². The highest BCUT2D eigenvalue weighted by atomic mass is 79.9. The van der Waals surface area contributed by atoms with Crippen LogP contribution in [0.2, 0.25) is 0 Å². The van der Waals surface area contributed by atoms with Gasteiger partial charge in [-0.2, -0.15) is 5.10 Å². The Balaban J connectivity index is 3.00. The van der Waals surface area contributed by atoms with Gasteiger partial charge in [0.2, 0.25) is 0 Å². The molecule has 2 aromatic rings. The number of halogens is 1. The normalized spacial score (nSPS) is 14.7. The third-order valence-corrected chi connectivity index (χ3v) is 1.70. The van der Waals surface area contributed by atoms with Gasteiger partial charge in [-0.1, -0.05) is 0 Å². The van der Waals surface area contributed by atoms with Crippen LogP contribution in [0.1, 0.15) is 4.11 Å². The van der Waals surface area contributed by atoms with Crippen molar-refractivity contribution in [3.8, 4) is 0 Å². The van der Waals surface area contributed by atoms with Crippen LogP contribution in [0.5, 0.6) is 0 Å². The van der Waals surface area contributed by atoms with Crippen molar-refractivity contribution in [1.82, 2.24) is 15.2 Å². The van der Waals surface area contributed by atoms with E-state index in [-0.39, 0.29) is 18.4 Å². The van der Waals surface area contributed by atoms with Crippen molar-refractivity contribution in [2.75, 3.05) is 0 Å². The van der Waals surface area contributed by atoms with E-state index in [1.54, 1.807) is 0 Å². The van der Waals surface area contributed by atoms with Gasteiger partial charge in [0.15, 0.2) is 0 Å². The van der Waals surface area contributed by atoms with E-state index in [9.17, 15) is 0 Å². The summed E-state index contributed by atoms with van der Waals surface area (Å²) in [5.74, 6) is 0. The number of aromatic nitrogens is 3. The second-order valence-electron chi connectivity index (χ2n) is 1.72. The average molecular weight is 201 g/mol. The molecule has 0 bridgehead atoms. The molecule has 0 atom stereocenters. The van der Waals surface area contributed by atoms with E-state index < -0.39 is 0 Å². The number of aromatic amines is 1. The molecular formula is C6H4BrN3. The zero-order valence-corrected chi connectivity index (χ0v) is 6.36. The fourth-order valence-electron chi connectivity index (χ4n) is 0.683. The Kier molecular flexibility index (Phi) is 0.715. The maximum atomic E-state index is 7.52. The van der Waals surface area contributed by atoms with Gasteiger partial charge in [-0.15, -0.1) is 0 Å². The van der Waals surface area contributed by atoms with Crippen molar-refractivity contribution in [3.05, 3.63) is 23.0 Å². The zero-order valence-electron chi connectivity index (χ0n) is 7.77. The van der Waals surface area contributed by atoms with Crippen LogP contribution in [0.4, 0.5) is 0 Å². The molecule has 2 aromatic heterocycles. The van der Waals surface area contributed by atoms with Crippen molar-refractivity contribution in [2.45, 2.75) is 0 Å². The van der Waals surface area contributed by atoms with Gasteiger partial charge in [0.05, 0.1) is 15.8 Å². The van der Waals surface area contributed by atoms with Crippen molar-refractivity contribution in [3.63, 3.8) is 0 Å². The van der Waals surface area contributed by atoms with Crippen molar-refractivity contribution in [1.29, 1.82) is 0 Å². The van der Waals surface area contributed by atoms with E-state index in [1.165, 1.54) is 0 Å². The van der Waals surface area contributed by atoms with E-state index >= 15 is 0 Å². The lowest BCUT2D eigenvalue weighted by atomic mass is 10.3. The summed E-state index contributed by atoms with van der Waals surface area (Å²) in [7, 11) is 0. The van der Waals surface area contributed by atoms with Crippen LogP contribution in [-0.2, 0) is 0 Å². The first-order valence-electron chi connectivity index (χ1n) is 4.08. The summed E-state index contributed by atoms with van der Waals surface area (Å²) in [6.45, 7) is 0. The topological polar surface area (TPSA) is 41.6 Å². The van der Waals surface area contributed by atoms with Crippen LogP contribution in [0.3, 0.4) is 0 Å². The maximum Gasteiger partial charge on any atom is 0.135 e. The van der Waals surface area contributed by atoms with Crippen molar-refractivity contribution in [2.24, 2.45) is 0 Å². The first-order valence-corrected chi connectivity index (χ1v) is 3.38.